The number of benzene rings is 2. The van der Waals surface area contributed by atoms with Crippen LogP contribution in [0.2, 0.25) is 0 Å². The van der Waals surface area contributed by atoms with E-state index in [0.717, 1.165) is 10.6 Å². The summed E-state index contributed by atoms with van der Waals surface area (Å²) < 4.78 is 0. The summed E-state index contributed by atoms with van der Waals surface area (Å²) in [5.74, 6) is 1.11. The van der Waals surface area contributed by atoms with Gasteiger partial charge in [0.1, 0.15) is 12.0 Å². The molecule has 0 bridgehead atoms. The zero-order valence-electron chi connectivity index (χ0n) is 9.26. The predicted molar refractivity (Wildman–Crippen MR) is 75.4 cm³/mol. The Balaban J connectivity index is 2.08. The van der Waals surface area contributed by atoms with Gasteiger partial charge in [-0.05, 0) is 24.3 Å². The van der Waals surface area contributed by atoms with E-state index in [1.807, 2.05) is 0 Å². The Hall–Kier alpha value is -0.860. The monoisotopic (exact) mass is 247 g/mol. The molecule has 2 aromatic carbocycles. The van der Waals surface area contributed by atoms with Gasteiger partial charge in [0, 0.05) is 21.4 Å². The average Bonchev–Trinajstić information content (AvgIpc) is 2.33. The molecular formula is C14H15S2+. The second-order valence-corrected chi connectivity index (χ2v) is 6.31. The molecule has 0 heterocycles. The van der Waals surface area contributed by atoms with Gasteiger partial charge in [-0.2, -0.15) is 0 Å². The maximum Gasteiger partial charge on any atom is 0.154 e. The molecule has 0 aliphatic carbocycles. The van der Waals surface area contributed by atoms with Crippen LogP contribution in [0.15, 0.2) is 64.4 Å². The van der Waals surface area contributed by atoms with Gasteiger partial charge in [0.15, 0.2) is 4.90 Å². The van der Waals surface area contributed by atoms with Crippen molar-refractivity contribution in [3.63, 3.8) is 0 Å². The van der Waals surface area contributed by atoms with E-state index in [1.54, 1.807) is 0 Å². The van der Waals surface area contributed by atoms with Crippen molar-refractivity contribution in [1.29, 1.82) is 0 Å². The van der Waals surface area contributed by atoms with Crippen molar-refractivity contribution in [3.05, 3.63) is 60.2 Å². The topological polar surface area (TPSA) is 0 Å². The van der Waals surface area contributed by atoms with Gasteiger partial charge >= 0.3 is 0 Å². The Morgan fingerprint density at radius 3 is 2.19 bits per heavy atom. The highest BCUT2D eigenvalue weighted by atomic mass is 32.2. The van der Waals surface area contributed by atoms with Crippen molar-refractivity contribution >= 4 is 23.5 Å². The Kier molecular flexibility index (Phi) is 3.97. The van der Waals surface area contributed by atoms with E-state index >= 15 is 0 Å². The highest BCUT2D eigenvalue weighted by molar-refractivity contribution is 7.95. The van der Waals surface area contributed by atoms with Gasteiger partial charge in [-0.15, -0.1) is 12.6 Å². The summed E-state index contributed by atoms with van der Waals surface area (Å²) in [4.78, 5) is 2.46. The van der Waals surface area contributed by atoms with E-state index in [-0.39, 0.29) is 10.9 Å². The van der Waals surface area contributed by atoms with Gasteiger partial charge in [-0.25, -0.2) is 0 Å². The maximum absolute atomic E-state index is 4.29. The Bertz CT molecular complexity index is 434. The average molecular weight is 247 g/mol. The smallest absolute Gasteiger partial charge is 0.143 e. The molecule has 82 valence electrons. The minimum absolute atomic E-state index is 0.284. The molecule has 2 aromatic rings. The molecule has 0 amide bonds. The molecule has 1 unspecified atom stereocenters. The van der Waals surface area contributed by atoms with Crippen molar-refractivity contribution in [2.24, 2.45) is 0 Å². The lowest BCUT2D eigenvalue weighted by atomic mass is 10.2. The van der Waals surface area contributed by atoms with Gasteiger partial charge < -0.3 is 0 Å². The Morgan fingerprint density at radius 1 is 0.938 bits per heavy atom. The van der Waals surface area contributed by atoms with Crippen molar-refractivity contribution in [2.75, 3.05) is 6.26 Å². The normalized spacial score (nSPS) is 12.4. The molecule has 0 N–H and O–H groups in total. The molecule has 16 heavy (non-hydrogen) atoms. The minimum atomic E-state index is 0.284. The standard InChI is InChI=1S/C14H14S2/c1-16(14-5-3-2-4-6-14)11-12-7-9-13(15)10-8-12/h2-10H,11H2,1H3/p+1. The lowest BCUT2D eigenvalue weighted by Crippen LogP contribution is -2.03. The van der Waals surface area contributed by atoms with Crippen molar-refractivity contribution < 1.29 is 0 Å². The Labute approximate surface area is 105 Å². The van der Waals surface area contributed by atoms with Crippen LogP contribution in [0.5, 0.6) is 0 Å². The van der Waals surface area contributed by atoms with E-state index in [1.165, 1.54) is 10.5 Å². The second-order valence-electron chi connectivity index (χ2n) is 3.76. The molecule has 2 rings (SSSR count). The van der Waals surface area contributed by atoms with E-state index in [9.17, 15) is 0 Å². The summed E-state index contributed by atoms with van der Waals surface area (Å²) in [6, 6.07) is 19.1. The molecule has 0 radical (unpaired) electrons. The largest absolute Gasteiger partial charge is 0.154 e. The first-order valence-corrected chi connectivity index (χ1v) is 7.46. The fourth-order valence-electron chi connectivity index (χ4n) is 1.58. The fraction of sp³-hybridized carbons (Fsp3) is 0.143. The molecule has 0 aliphatic heterocycles. The predicted octanol–water partition coefficient (Wildman–Crippen LogP) is 3.78. The van der Waals surface area contributed by atoms with E-state index in [0.29, 0.717) is 0 Å². The molecule has 0 saturated carbocycles. The second kappa shape index (κ2) is 5.46. The van der Waals surface area contributed by atoms with Gasteiger partial charge in [-0.1, -0.05) is 30.3 Å². The zero-order valence-corrected chi connectivity index (χ0v) is 11.0. The van der Waals surface area contributed by atoms with Crippen LogP contribution in [0.1, 0.15) is 5.56 Å². The first kappa shape index (κ1) is 11.6. The molecule has 0 saturated heterocycles. The summed E-state index contributed by atoms with van der Waals surface area (Å²) in [5.41, 5.74) is 1.38. The summed E-state index contributed by atoms with van der Waals surface area (Å²) in [6.07, 6.45) is 2.30. The van der Waals surface area contributed by atoms with Gasteiger partial charge in [-0.3, -0.25) is 0 Å². The van der Waals surface area contributed by atoms with E-state index in [2.05, 4.69) is 73.5 Å². The highest BCUT2D eigenvalue weighted by Gasteiger charge is 2.14. The third-order valence-corrected chi connectivity index (χ3v) is 4.61. The summed E-state index contributed by atoms with van der Waals surface area (Å²) in [5, 5.41) is 0. The number of thiol groups is 1. The molecule has 0 nitrogen and oxygen atoms in total. The SMILES string of the molecule is C[S+](Cc1ccc(S)cc1)c1ccccc1. The molecule has 0 fully saturated rings. The van der Waals surface area contributed by atoms with Gasteiger partial charge in [0.25, 0.3) is 0 Å². The summed E-state index contributed by atoms with van der Waals surface area (Å²) in [6.45, 7) is 0. The van der Waals surface area contributed by atoms with E-state index < -0.39 is 0 Å². The van der Waals surface area contributed by atoms with E-state index in [4.69, 9.17) is 0 Å². The third-order valence-electron chi connectivity index (χ3n) is 2.47. The van der Waals surface area contributed by atoms with Crippen LogP contribution in [0.3, 0.4) is 0 Å². The van der Waals surface area contributed by atoms with Gasteiger partial charge in [0.05, 0.1) is 0 Å². The minimum Gasteiger partial charge on any atom is -0.143 e. The highest BCUT2D eigenvalue weighted by Crippen LogP contribution is 2.17. The van der Waals surface area contributed by atoms with Crippen LogP contribution in [0.25, 0.3) is 0 Å². The lowest BCUT2D eigenvalue weighted by molar-refractivity contribution is 1.32. The Morgan fingerprint density at radius 2 is 1.56 bits per heavy atom. The fourth-order valence-corrected chi connectivity index (χ4v) is 3.21. The first-order chi connectivity index (χ1) is 7.75. The number of hydrogen-bond acceptors (Lipinski definition) is 1. The van der Waals surface area contributed by atoms with Crippen LogP contribution in [-0.2, 0) is 16.6 Å². The maximum atomic E-state index is 4.29. The molecule has 0 aliphatic rings. The third kappa shape index (κ3) is 3.06. The molecular weight excluding hydrogens is 232 g/mol. The van der Waals surface area contributed by atoms with Crippen LogP contribution >= 0.6 is 12.6 Å². The molecule has 0 spiro atoms. The van der Waals surface area contributed by atoms with Crippen LogP contribution in [0, 0.1) is 0 Å². The summed E-state index contributed by atoms with van der Waals surface area (Å²) >= 11 is 4.29. The van der Waals surface area contributed by atoms with Crippen molar-refractivity contribution in [1.82, 2.24) is 0 Å². The van der Waals surface area contributed by atoms with Crippen LogP contribution in [-0.4, -0.2) is 6.26 Å². The molecule has 2 heteroatoms. The zero-order chi connectivity index (χ0) is 11.4. The van der Waals surface area contributed by atoms with Crippen LogP contribution < -0.4 is 0 Å². The van der Waals surface area contributed by atoms with Gasteiger partial charge in [0.2, 0.25) is 0 Å². The van der Waals surface area contributed by atoms with Crippen molar-refractivity contribution in [3.8, 4) is 0 Å². The van der Waals surface area contributed by atoms with Crippen LogP contribution in [0.4, 0.5) is 0 Å². The molecule has 1 atom stereocenters. The number of hydrogen-bond donors (Lipinski definition) is 1. The lowest BCUT2D eigenvalue weighted by Gasteiger charge is -2.03. The number of rotatable bonds is 3. The van der Waals surface area contributed by atoms with Crippen molar-refractivity contribution in [2.45, 2.75) is 15.5 Å². The quantitative estimate of drug-likeness (QED) is 0.619. The summed E-state index contributed by atoms with van der Waals surface area (Å²) in [7, 11) is 0.284. The first-order valence-electron chi connectivity index (χ1n) is 5.21. The molecule has 0 aromatic heterocycles.